The Morgan fingerprint density at radius 1 is 1.57 bits per heavy atom. The maximum Gasteiger partial charge on any atom is 0.236 e. The highest BCUT2D eigenvalue weighted by atomic mass is 32.2. The Morgan fingerprint density at radius 3 is 2.86 bits per heavy atom. The molecule has 1 aliphatic rings. The fourth-order valence-electron chi connectivity index (χ4n) is 1.38. The first-order chi connectivity index (χ1) is 6.79. The van der Waals surface area contributed by atoms with E-state index < -0.39 is 0 Å². The van der Waals surface area contributed by atoms with Gasteiger partial charge in [0, 0.05) is 30.3 Å². The molecule has 1 aliphatic heterocycles. The summed E-state index contributed by atoms with van der Waals surface area (Å²) in [5.41, 5.74) is 0. The number of carbonyl (C=O) groups is 1. The third-order valence-electron chi connectivity index (χ3n) is 2.15. The Kier molecular flexibility index (Phi) is 5.74. The van der Waals surface area contributed by atoms with Gasteiger partial charge in [0.15, 0.2) is 0 Å². The van der Waals surface area contributed by atoms with Crippen molar-refractivity contribution >= 4 is 29.4 Å². The Balaban J connectivity index is 2.43. The number of thioether (sulfide) groups is 2. The van der Waals surface area contributed by atoms with Crippen molar-refractivity contribution in [3.8, 4) is 0 Å². The topological polar surface area (TPSA) is 40.5 Å². The largest absolute Gasteiger partial charge is 0.395 e. The molecule has 0 spiro atoms. The second-order valence-electron chi connectivity index (χ2n) is 3.08. The number of likely N-dealkylation sites (N-methyl/N-ethyl adjacent to an activating group) is 1. The first-order valence-corrected chi connectivity index (χ1v) is 7.09. The van der Waals surface area contributed by atoms with Gasteiger partial charge in [-0.2, -0.15) is 11.8 Å². The van der Waals surface area contributed by atoms with Gasteiger partial charge >= 0.3 is 0 Å². The van der Waals surface area contributed by atoms with E-state index in [0.29, 0.717) is 13.1 Å². The monoisotopic (exact) mass is 235 g/mol. The number of carbonyl (C=O) groups excluding carboxylic acids is 1. The number of hydrogen-bond acceptors (Lipinski definition) is 4. The lowest BCUT2D eigenvalue weighted by molar-refractivity contribution is -0.130. The van der Waals surface area contributed by atoms with E-state index in [1.807, 2.05) is 18.7 Å². The zero-order chi connectivity index (χ0) is 10.4. The van der Waals surface area contributed by atoms with E-state index in [0.717, 1.165) is 17.3 Å². The summed E-state index contributed by atoms with van der Waals surface area (Å²) in [7, 11) is 0. The average Bonchev–Trinajstić information content (AvgIpc) is 2.26. The normalized spacial score (nSPS) is 22.0. The van der Waals surface area contributed by atoms with Gasteiger partial charge in [-0.15, -0.1) is 11.8 Å². The number of aliphatic hydroxyl groups is 1. The molecule has 5 heteroatoms. The fraction of sp³-hybridized carbons (Fsp3) is 0.889. The minimum Gasteiger partial charge on any atom is -0.395 e. The standard InChI is InChI=1S/C9H17NO2S2/c1-2-10(3-4-11)9(12)8-7-13-5-6-14-8/h8,11H,2-7H2,1H3. The highest BCUT2D eigenvalue weighted by molar-refractivity contribution is 8.07. The van der Waals surface area contributed by atoms with Gasteiger partial charge in [0.1, 0.15) is 0 Å². The molecule has 1 heterocycles. The predicted octanol–water partition coefficient (Wildman–Crippen LogP) is 0.676. The van der Waals surface area contributed by atoms with Gasteiger partial charge in [-0.3, -0.25) is 4.79 Å². The van der Waals surface area contributed by atoms with E-state index in [-0.39, 0.29) is 17.8 Å². The van der Waals surface area contributed by atoms with Gasteiger partial charge in [0.2, 0.25) is 5.91 Å². The van der Waals surface area contributed by atoms with Crippen LogP contribution in [0.2, 0.25) is 0 Å². The van der Waals surface area contributed by atoms with Crippen molar-refractivity contribution in [1.82, 2.24) is 4.90 Å². The van der Waals surface area contributed by atoms with E-state index in [1.54, 1.807) is 16.7 Å². The molecule has 14 heavy (non-hydrogen) atoms. The third-order valence-corrected chi connectivity index (χ3v) is 4.90. The SMILES string of the molecule is CCN(CCO)C(=O)C1CSCCS1. The van der Waals surface area contributed by atoms with Gasteiger partial charge in [0.05, 0.1) is 11.9 Å². The lowest BCUT2D eigenvalue weighted by atomic mass is 10.3. The molecule has 0 aromatic rings. The Labute approximate surface area is 93.6 Å². The minimum absolute atomic E-state index is 0.0596. The van der Waals surface area contributed by atoms with Crippen molar-refractivity contribution in [1.29, 1.82) is 0 Å². The van der Waals surface area contributed by atoms with Crippen LogP contribution in [-0.4, -0.2) is 58.1 Å². The van der Waals surface area contributed by atoms with Gasteiger partial charge in [-0.1, -0.05) is 0 Å². The third kappa shape index (κ3) is 3.37. The molecule has 1 saturated heterocycles. The minimum atomic E-state index is 0.0596. The second kappa shape index (κ2) is 6.58. The van der Waals surface area contributed by atoms with Crippen LogP contribution in [0.15, 0.2) is 0 Å². The van der Waals surface area contributed by atoms with Crippen molar-refractivity contribution < 1.29 is 9.90 Å². The Bertz CT molecular complexity index is 177. The fourth-order valence-corrected chi connectivity index (χ4v) is 4.01. The maximum atomic E-state index is 11.9. The summed E-state index contributed by atoms with van der Waals surface area (Å²) in [4.78, 5) is 13.6. The summed E-state index contributed by atoms with van der Waals surface area (Å²) in [5, 5.41) is 8.92. The van der Waals surface area contributed by atoms with Crippen LogP contribution in [0.25, 0.3) is 0 Å². The molecule has 1 rings (SSSR count). The molecule has 0 radical (unpaired) electrons. The van der Waals surface area contributed by atoms with E-state index in [9.17, 15) is 4.79 Å². The van der Waals surface area contributed by atoms with Gasteiger partial charge in [0.25, 0.3) is 0 Å². The van der Waals surface area contributed by atoms with Crippen molar-refractivity contribution in [2.24, 2.45) is 0 Å². The number of rotatable bonds is 4. The maximum absolute atomic E-state index is 11.9. The molecule has 1 fully saturated rings. The number of hydrogen-bond donors (Lipinski definition) is 1. The van der Waals surface area contributed by atoms with Crippen LogP contribution in [-0.2, 0) is 4.79 Å². The van der Waals surface area contributed by atoms with Crippen LogP contribution in [0.5, 0.6) is 0 Å². The Hall–Kier alpha value is 0.130. The summed E-state index contributed by atoms with van der Waals surface area (Å²) in [6, 6.07) is 0. The molecular formula is C9H17NO2S2. The lowest BCUT2D eigenvalue weighted by Crippen LogP contribution is -2.41. The smallest absolute Gasteiger partial charge is 0.236 e. The highest BCUT2D eigenvalue weighted by Gasteiger charge is 2.25. The summed E-state index contributed by atoms with van der Waals surface area (Å²) in [6.45, 7) is 3.18. The molecule has 0 bridgehead atoms. The van der Waals surface area contributed by atoms with Crippen molar-refractivity contribution in [3.05, 3.63) is 0 Å². The molecule has 1 N–H and O–H groups in total. The highest BCUT2D eigenvalue weighted by Crippen LogP contribution is 2.25. The molecule has 0 aromatic heterocycles. The van der Waals surface area contributed by atoms with E-state index >= 15 is 0 Å². The zero-order valence-electron chi connectivity index (χ0n) is 8.44. The van der Waals surface area contributed by atoms with Crippen LogP contribution in [0.3, 0.4) is 0 Å². The van der Waals surface area contributed by atoms with Crippen molar-refractivity contribution in [2.75, 3.05) is 37.0 Å². The molecule has 1 unspecified atom stereocenters. The van der Waals surface area contributed by atoms with Crippen LogP contribution in [0, 0.1) is 0 Å². The second-order valence-corrected chi connectivity index (χ2v) is 5.54. The molecule has 0 aromatic carbocycles. The molecule has 3 nitrogen and oxygen atoms in total. The van der Waals surface area contributed by atoms with Crippen LogP contribution < -0.4 is 0 Å². The number of nitrogens with zero attached hydrogens (tertiary/aromatic N) is 1. The van der Waals surface area contributed by atoms with Crippen LogP contribution in [0.4, 0.5) is 0 Å². The van der Waals surface area contributed by atoms with Gasteiger partial charge in [-0.05, 0) is 6.92 Å². The number of amides is 1. The molecule has 1 atom stereocenters. The van der Waals surface area contributed by atoms with Crippen molar-refractivity contribution in [2.45, 2.75) is 12.2 Å². The molecule has 0 saturated carbocycles. The van der Waals surface area contributed by atoms with Crippen LogP contribution >= 0.6 is 23.5 Å². The summed E-state index contributed by atoms with van der Waals surface area (Å²) >= 11 is 3.59. The first-order valence-electron chi connectivity index (χ1n) is 4.88. The first kappa shape index (κ1) is 12.2. The summed E-state index contributed by atoms with van der Waals surface area (Å²) in [6.07, 6.45) is 0. The molecule has 82 valence electrons. The van der Waals surface area contributed by atoms with Crippen LogP contribution in [0.1, 0.15) is 6.92 Å². The van der Waals surface area contributed by atoms with Gasteiger partial charge < -0.3 is 10.0 Å². The quantitative estimate of drug-likeness (QED) is 0.778. The predicted molar refractivity (Wildman–Crippen MR) is 62.9 cm³/mol. The van der Waals surface area contributed by atoms with E-state index in [1.165, 1.54) is 0 Å². The van der Waals surface area contributed by atoms with E-state index in [2.05, 4.69) is 0 Å². The lowest BCUT2D eigenvalue weighted by Gasteiger charge is -2.27. The zero-order valence-corrected chi connectivity index (χ0v) is 10.1. The molecule has 1 amide bonds. The number of aliphatic hydroxyl groups excluding tert-OH is 1. The van der Waals surface area contributed by atoms with Gasteiger partial charge in [-0.25, -0.2) is 0 Å². The molecule has 0 aliphatic carbocycles. The molecular weight excluding hydrogens is 218 g/mol. The summed E-state index contributed by atoms with van der Waals surface area (Å²) < 4.78 is 0. The Morgan fingerprint density at radius 2 is 2.36 bits per heavy atom. The van der Waals surface area contributed by atoms with E-state index in [4.69, 9.17) is 5.11 Å². The average molecular weight is 235 g/mol. The summed E-state index contributed by atoms with van der Waals surface area (Å²) in [5.74, 6) is 3.34. The van der Waals surface area contributed by atoms with Crippen molar-refractivity contribution in [3.63, 3.8) is 0 Å².